The van der Waals surface area contributed by atoms with Crippen molar-refractivity contribution in [3.05, 3.63) is 41.5 Å². The SMILES string of the molecule is OC[C@H]1CCCN1c1nc(CN2CCOCC2)nc2scc(-c3ccccc3)c12. The zero-order valence-electron chi connectivity index (χ0n) is 16.5. The van der Waals surface area contributed by atoms with E-state index in [1.807, 2.05) is 6.07 Å². The van der Waals surface area contributed by atoms with E-state index >= 15 is 0 Å². The molecule has 2 fully saturated rings. The molecule has 0 saturated carbocycles. The number of nitrogens with zero attached hydrogens (tertiary/aromatic N) is 4. The first-order valence-electron chi connectivity index (χ1n) is 10.3. The van der Waals surface area contributed by atoms with Gasteiger partial charge in [-0.15, -0.1) is 11.3 Å². The van der Waals surface area contributed by atoms with Crippen molar-refractivity contribution in [3.8, 4) is 11.1 Å². The molecule has 152 valence electrons. The number of aliphatic hydroxyl groups excluding tert-OH is 1. The summed E-state index contributed by atoms with van der Waals surface area (Å²) in [6, 6.07) is 10.6. The number of benzene rings is 1. The molecule has 2 aliphatic rings. The average molecular weight is 411 g/mol. The highest BCUT2D eigenvalue weighted by Gasteiger charge is 2.29. The van der Waals surface area contributed by atoms with Gasteiger partial charge in [0.15, 0.2) is 0 Å². The molecule has 0 radical (unpaired) electrons. The van der Waals surface area contributed by atoms with Crippen molar-refractivity contribution in [3.63, 3.8) is 0 Å². The van der Waals surface area contributed by atoms with Gasteiger partial charge in [0, 0.05) is 30.6 Å². The Hall–Kier alpha value is -2.06. The Labute approximate surface area is 174 Å². The molecule has 6 nitrogen and oxygen atoms in total. The van der Waals surface area contributed by atoms with Gasteiger partial charge in [-0.05, 0) is 18.4 Å². The van der Waals surface area contributed by atoms with Crippen LogP contribution >= 0.6 is 11.3 Å². The molecule has 2 saturated heterocycles. The largest absolute Gasteiger partial charge is 0.394 e. The van der Waals surface area contributed by atoms with Gasteiger partial charge in [0.05, 0.1) is 37.8 Å². The summed E-state index contributed by atoms with van der Waals surface area (Å²) in [5.41, 5.74) is 2.37. The van der Waals surface area contributed by atoms with Crippen molar-refractivity contribution < 1.29 is 9.84 Å². The summed E-state index contributed by atoms with van der Waals surface area (Å²) in [6.07, 6.45) is 2.09. The Morgan fingerprint density at radius 2 is 1.93 bits per heavy atom. The van der Waals surface area contributed by atoms with Crippen LogP contribution in [-0.2, 0) is 11.3 Å². The molecule has 0 aliphatic carbocycles. The quantitative estimate of drug-likeness (QED) is 0.697. The minimum absolute atomic E-state index is 0.132. The number of morpholine rings is 1. The zero-order valence-corrected chi connectivity index (χ0v) is 17.3. The first-order valence-corrected chi connectivity index (χ1v) is 11.2. The van der Waals surface area contributed by atoms with Crippen molar-refractivity contribution in [1.82, 2.24) is 14.9 Å². The molecule has 1 atom stereocenters. The van der Waals surface area contributed by atoms with Gasteiger partial charge in [0.25, 0.3) is 0 Å². The number of rotatable bonds is 5. The lowest BCUT2D eigenvalue weighted by molar-refractivity contribution is 0.0331. The van der Waals surface area contributed by atoms with Crippen LogP contribution in [0.5, 0.6) is 0 Å². The molecule has 0 bridgehead atoms. The second-order valence-corrected chi connectivity index (χ2v) is 8.58. The Balaban J connectivity index is 1.61. The standard InChI is InChI=1S/C22H26N4O2S/c27-14-17-7-4-8-26(17)21-20-18(16-5-2-1-3-6-16)15-29-22(20)24-19(23-21)13-25-9-11-28-12-10-25/h1-3,5-6,15,17,27H,4,7-14H2/t17-/m1/s1. The van der Waals surface area contributed by atoms with E-state index in [2.05, 4.69) is 39.4 Å². The van der Waals surface area contributed by atoms with E-state index in [-0.39, 0.29) is 12.6 Å². The fourth-order valence-corrected chi connectivity index (χ4v) is 5.30. The third kappa shape index (κ3) is 3.75. The molecule has 4 heterocycles. The molecule has 29 heavy (non-hydrogen) atoms. The second kappa shape index (κ2) is 8.36. The van der Waals surface area contributed by atoms with E-state index in [1.54, 1.807) is 11.3 Å². The van der Waals surface area contributed by atoms with Gasteiger partial charge in [-0.1, -0.05) is 30.3 Å². The minimum atomic E-state index is 0.132. The summed E-state index contributed by atoms with van der Waals surface area (Å²) < 4.78 is 5.48. The molecule has 5 rings (SSSR count). The normalized spacial score (nSPS) is 20.6. The van der Waals surface area contributed by atoms with Crippen molar-refractivity contribution in [2.75, 3.05) is 44.4 Å². The van der Waals surface area contributed by atoms with E-state index in [4.69, 9.17) is 14.7 Å². The van der Waals surface area contributed by atoms with Crippen LogP contribution in [0.15, 0.2) is 35.7 Å². The van der Waals surface area contributed by atoms with Crippen LogP contribution in [0, 0.1) is 0 Å². The minimum Gasteiger partial charge on any atom is -0.394 e. The Kier molecular flexibility index (Phi) is 5.46. The highest BCUT2D eigenvalue weighted by Crippen LogP contribution is 2.40. The lowest BCUT2D eigenvalue weighted by Crippen LogP contribution is -2.36. The third-order valence-corrected chi connectivity index (χ3v) is 6.75. The maximum atomic E-state index is 9.93. The number of anilines is 1. The monoisotopic (exact) mass is 410 g/mol. The molecule has 1 N–H and O–H groups in total. The maximum absolute atomic E-state index is 9.93. The molecule has 0 amide bonds. The number of aliphatic hydroxyl groups is 1. The molecule has 0 unspecified atom stereocenters. The molecule has 2 aromatic heterocycles. The summed E-state index contributed by atoms with van der Waals surface area (Å²) in [5.74, 6) is 1.84. The van der Waals surface area contributed by atoms with Crippen LogP contribution in [0.25, 0.3) is 21.3 Å². The van der Waals surface area contributed by atoms with Crippen molar-refractivity contribution in [2.45, 2.75) is 25.4 Å². The molecular weight excluding hydrogens is 384 g/mol. The van der Waals surface area contributed by atoms with Gasteiger partial charge in [-0.2, -0.15) is 0 Å². The summed E-state index contributed by atoms with van der Waals surface area (Å²) in [5, 5.41) is 13.2. The van der Waals surface area contributed by atoms with Gasteiger partial charge in [-0.3, -0.25) is 4.90 Å². The molecule has 1 aromatic carbocycles. The number of ether oxygens (including phenoxy) is 1. The van der Waals surface area contributed by atoms with Crippen LogP contribution < -0.4 is 4.90 Å². The first kappa shape index (κ1) is 18.9. The fraction of sp³-hybridized carbons (Fsp3) is 0.455. The van der Waals surface area contributed by atoms with Crippen LogP contribution in [0.3, 0.4) is 0 Å². The number of thiophene rings is 1. The fourth-order valence-electron chi connectivity index (χ4n) is 4.34. The van der Waals surface area contributed by atoms with Crippen molar-refractivity contribution in [2.24, 2.45) is 0 Å². The highest BCUT2D eigenvalue weighted by molar-refractivity contribution is 7.17. The molecular formula is C22H26N4O2S. The van der Waals surface area contributed by atoms with E-state index in [1.165, 1.54) is 11.1 Å². The van der Waals surface area contributed by atoms with Gasteiger partial charge in [-0.25, -0.2) is 9.97 Å². The number of aromatic nitrogens is 2. The first-order chi connectivity index (χ1) is 14.3. The summed E-state index contributed by atoms with van der Waals surface area (Å²) in [4.78, 5) is 15.7. The Bertz CT molecular complexity index is 972. The molecule has 2 aliphatic heterocycles. The third-order valence-electron chi connectivity index (χ3n) is 5.87. The van der Waals surface area contributed by atoms with Gasteiger partial charge in [0.1, 0.15) is 16.5 Å². The van der Waals surface area contributed by atoms with Crippen molar-refractivity contribution >= 4 is 27.4 Å². The van der Waals surface area contributed by atoms with E-state index in [0.29, 0.717) is 0 Å². The average Bonchev–Trinajstić information content (AvgIpc) is 3.41. The summed E-state index contributed by atoms with van der Waals surface area (Å²) >= 11 is 1.68. The second-order valence-electron chi connectivity index (χ2n) is 7.72. The lowest BCUT2D eigenvalue weighted by Gasteiger charge is -2.28. The maximum Gasteiger partial charge on any atom is 0.146 e. The summed E-state index contributed by atoms with van der Waals surface area (Å²) in [7, 11) is 0. The Morgan fingerprint density at radius 3 is 2.72 bits per heavy atom. The number of hydrogen-bond acceptors (Lipinski definition) is 7. The topological polar surface area (TPSA) is 61.7 Å². The van der Waals surface area contributed by atoms with Crippen LogP contribution in [-0.4, -0.2) is 65.5 Å². The van der Waals surface area contributed by atoms with E-state index < -0.39 is 0 Å². The lowest BCUT2D eigenvalue weighted by atomic mass is 10.1. The van der Waals surface area contributed by atoms with E-state index in [0.717, 1.165) is 74.1 Å². The van der Waals surface area contributed by atoms with Crippen LogP contribution in [0.1, 0.15) is 18.7 Å². The predicted octanol–water partition coefficient (Wildman–Crippen LogP) is 3.15. The molecule has 0 spiro atoms. The van der Waals surface area contributed by atoms with Gasteiger partial charge < -0.3 is 14.7 Å². The van der Waals surface area contributed by atoms with Crippen molar-refractivity contribution in [1.29, 1.82) is 0 Å². The highest BCUT2D eigenvalue weighted by atomic mass is 32.1. The smallest absolute Gasteiger partial charge is 0.146 e. The van der Waals surface area contributed by atoms with Gasteiger partial charge in [0.2, 0.25) is 0 Å². The van der Waals surface area contributed by atoms with Gasteiger partial charge >= 0.3 is 0 Å². The Morgan fingerprint density at radius 1 is 1.10 bits per heavy atom. The number of fused-ring (bicyclic) bond motifs is 1. The summed E-state index contributed by atoms with van der Waals surface area (Å²) in [6.45, 7) is 5.20. The van der Waals surface area contributed by atoms with Crippen LogP contribution in [0.2, 0.25) is 0 Å². The zero-order chi connectivity index (χ0) is 19.6. The molecule has 7 heteroatoms. The van der Waals surface area contributed by atoms with Crippen LogP contribution in [0.4, 0.5) is 5.82 Å². The predicted molar refractivity (Wildman–Crippen MR) is 116 cm³/mol. The number of hydrogen-bond donors (Lipinski definition) is 1. The molecule has 3 aromatic rings. The van der Waals surface area contributed by atoms with E-state index in [9.17, 15) is 5.11 Å².